The Labute approximate surface area is 165 Å². The van der Waals surface area contributed by atoms with E-state index in [1.807, 2.05) is 11.9 Å². The largest absolute Gasteiger partial charge is 0.373 e. The van der Waals surface area contributed by atoms with Gasteiger partial charge in [-0.1, -0.05) is 25.2 Å². The minimum Gasteiger partial charge on any atom is -0.373 e. The van der Waals surface area contributed by atoms with Gasteiger partial charge in [-0.25, -0.2) is 4.31 Å². The number of halogens is 1. The van der Waals surface area contributed by atoms with Gasteiger partial charge >= 0.3 is 0 Å². The smallest absolute Gasteiger partial charge is 0.0542 e. The van der Waals surface area contributed by atoms with E-state index in [0.717, 1.165) is 25.3 Å². The Morgan fingerprint density at radius 1 is 1.28 bits per heavy atom. The lowest BCUT2D eigenvalue weighted by Gasteiger charge is -2.32. The molecule has 3 rings (SSSR count). The van der Waals surface area contributed by atoms with E-state index < -0.39 is 0 Å². The lowest BCUT2D eigenvalue weighted by Crippen LogP contribution is -2.29. The van der Waals surface area contributed by atoms with Crippen LogP contribution in [0.3, 0.4) is 0 Å². The molecule has 1 saturated heterocycles. The van der Waals surface area contributed by atoms with Gasteiger partial charge in [0.05, 0.1) is 5.69 Å². The summed E-state index contributed by atoms with van der Waals surface area (Å²) in [4.78, 5) is 3.72. The maximum absolute atomic E-state index is 3.78. The molecule has 1 fully saturated rings. The number of hydrogen-bond donors (Lipinski definition) is 0. The molecular formula is C21H29BrN2S. The second kappa shape index (κ2) is 8.79. The second-order valence-corrected chi connectivity index (χ2v) is 9.02. The maximum atomic E-state index is 3.78. The number of rotatable bonds is 5. The number of allylic oxidation sites excluding steroid dienone is 4. The summed E-state index contributed by atoms with van der Waals surface area (Å²) in [7, 11) is 2.18. The van der Waals surface area contributed by atoms with Crippen LogP contribution in [-0.4, -0.2) is 31.0 Å². The van der Waals surface area contributed by atoms with Crippen molar-refractivity contribution in [2.75, 3.05) is 31.6 Å². The summed E-state index contributed by atoms with van der Waals surface area (Å²) in [5.41, 5.74) is 4.40. The van der Waals surface area contributed by atoms with Gasteiger partial charge < -0.3 is 4.90 Å². The third kappa shape index (κ3) is 4.53. The lowest BCUT2D eigenvalue weighted by atomic mass is 9.89. The fourth-order valence-corrected chi connectivity index (χ4v) is 5.94. The summed E-state index contributed by atoms with van der Waals surface area (Å²) < 4.78 is 3.78. The molecule has 0 aromatic heterocycles. The van der Waals surface area contributed by atoms with Crippen molar-refractivity contribution in [3.8, 4) is 0 Å². The molecule has 0 spiro atoms. The molecule has 0 amide bonds. The third-order valence-corrected chi connectivity index (χ3v) is 6.85. The fraction of sp³-hybridized carbons (Fsp3) is 0.524. The summed E-state index contributed by atoms with van der Waals surface area (Å²) in [6, 6.07) is 4.68. The van der Waals surface area contributed by atoms with E-state index in [-0.39, 0.29) is 0 Å². The van der Waals surface area contributed by atoms with Gasteiger partial charge in [0.15, 0.2) is 0 Å². The molecule has 25 heavy (non-hydrogen) atoms. The third-order valence-electron chi connectivity index (χ3n) is 5.17. The first-order chi connectivity index (χ1) is 12.1. The number of benzene rings is 1. The summed E-state index contributed by atoms with van der Waals surface area (Å²) in [5.74, 6) is 0.730. The summed E-state index contributed by atoms with van der Waals surface area (Å²) in [6.07, 6.45) is 11.7. The first-order valence-electron chi connectivity index (χ1n) is 9.41. The quantitative estimate of drug-likeness (QED) is 0.421. The Kier molecular flexibility index (Phi) is 6.70. The summed E-state index contributed by atoms with van der Waals surface area (Å²) in [5, 5.41) is 0. The van der Waals surface area contributed by atoms with Crippen LogP contribution in [0.5, 0.6) is 0 Å². The molecule has 2 aliphatic rings. The van der Waals surface area contributed by atoms with Crippen molar-refractivity contribution in [3.63, 3.8) is 0 Å². The monoisotopic (exact) mass is 420 g/mol. The number of nitrogens with zero attached hydrogens (tertiary/aromatic N) is 2. The van der Waals surface area contributed by atoms with Gasteiger partial charge in [-0.05, 0) is 89.7 Å². The van der Waals surface area contributed by atoms with Crippen molar-refractivity contribution in [1.29, 1.82) is 0 Å². The molecule has 4 heteroatoms. The molecule has 1 aromatic rings. The Morgan fingerprint density at radius 3 is 2.72 bits per heavy atom. The number of anilines is 1. The van der Waals surface area contributed by atoms with Crippen LogP contribution in [0.2, 0.25) is 0 Å². The first kappa shape index (κ1) is 19.1. The number of fused-ring (bicyclic) bond motifs is 1. The van der Waals surface area contributed by atoms with Crippen LogP contribution >= 0.6 is 27.9 Å². The van der Waals surface area contributed by atoms with E-state index in [1.54, 1.807) is 0 Å². The SMILES string of the molecule is C/C=C\C(=C/CC)C1CCN(Sc2cc(Br)c3c(c2)CCN3C)CC1. The first-order valence-corrected chi connectivity index (χ1v) is 11.0. The summed E-state index contributed by atoms with van der Waals surface area (Å²) >= 11 is 5.71. The molecule has 0 atom stereocenters. The molecule has 0 bridgehead atoms. The molecule has 0 unspecified atom stereocenters. The number of piperidine rings is 1. The molecular weight excluding hydrogens is 392 g/mol. The standard InChI is InChI=1S/C21H29BrN2S/c1-4-6-16(7-5-2)17-9-12-24(13-10-17)25-19-14-18-8-11-23(3)21(18)20(22)15-19/h4,6-7,14-15,17H,5,8-13H2,1-3H3/b6-4-,16-7+. The minimum absolute atomic E-state index is 0.730. The lowest BCUT2D eigenvalue weighted by molar-refractivity contribution is 0.323. The van der Waals surface area contributed by atoms with E-state index in [2.05, 4.69) is 76.4 Å². The number of likely N-dealkylation sites (N-methyl/N-ethyl adjacent to an activating group) is 1. The van der Waals surface area contributed by atoms with Crippen molar-refractivity contribution in [1.82, 2.24) is 4.31 Å². The average molecular weight is 421 g/mol. The number of hydrogen-bond acceptors (Lipinski definition) is 3. The van der Waals surface area contributed by atoms with Crippen LogP contribution in [-0.2, 0) is 6.42 Å². The molecule has 0 aliphatic carbocycles. The highest BCUT2D eigenvalue weighted by Gasteiger charge is 2.24. The second-order valence-electron chi connectivity index (χ2n) is 6.99. The van der Waals surface area contributed by atoms with E-state index in [1.165, 1.54) is 52.1 Å². The van der Waals surface area contributed by atoms with Gasteiger partial charge in [0.1, 0.15) is 0 Å². The topological polar surface area (TPSA) is 6.48 Å². The Morgan fingerprint density at radius 2 is 2.04 bits per heavy atom. The summed E-state index contributed by atoms with van der Waals surface area (Å²) in [6.45, 7) is 7.82. The molecule has 2 nitrogen and oxygen atoms in total. The Hall–Kier alpha value is -0.710. The van der Waals surface area contributed by atoms with Gasteiger partial charge in [-0.3, -0.25) is 0 Å². The van der Waals surface area contributed by atoms with Crippen molar-refractivity contribution in [3.05, 3.63) is 46.0 Å². The maximum Gasteiger partial charge on any atom is 0.0542 e. The van der Waals surface area contributed by atoms with Gasteiger partial charge in [0.2, 0.25) is 0 Å². The molecule has 2 heterocycles. The van der Waals surface area contributed by atoms with Crippen molar-refractivity contribution in [2.45, 2.75) is 44.4 Å². The van der Waals surface area contributed by atoms with Crippen LogP contribution < -0.4 is 4.90 Å². The molecule has 136 valence electrons. The predicted octanol–water partition coefficient (Wildman–Crippen LogP) is 6.07. The van der Waals surface area contributed by atoms with Crippen LogP contribution in [0.25, 0.3) is 0 Å². The van der Waals surface area contributed by atoms with Crippen LogP contribution in [0.1, 0.15) is 38.7 Å². The zero-order valence-electron chi connectivity index (χ0n) is 15.6. The Balaban J connectivity index is 1.61. The van der Waals surface area contributed by atoms with Crippen LogP contribution in [0.15, 0.2) is 45.3 Å². The van der Waals surface area contributed by atoms with E-state index >= 15 is 0 Å². The van der Waals surface area contributed by atoms with E-state index in [4.69, 9.17) is 0 Å². The van der Waals surface area contributed by atoms with Gasteiger partial charge in [-0.2, -0.15) is 0 Å². The molecule has 0 radical (unpaired) electrons. The molecule has 2 aliphatic heterocycles. The molecule has 1 aromatic carbocycles. The predicted molar refractivity (Wildman–Crippen MR) is 114 cm³/mol. The minimum atomic E-state index is 0.730. The van der Waals surface area contributed by atoms with E-state index in [0.29, 0.717) is 0 Å². The zero-order chi connectivity index (χ0) is 17.8. The van der Waals surface area contributed by atoms with Crippen molar-refractivity contribution >= 4 is 33.6 Å². The fourth-order valence-electron chi connectivity index (χ4n) is 3.93. The van der Waals surface area contributed by atoms with E-state index in [9.17, 15) is 0 Å². The van der Waals surface area contributed by atoms with Gasteiger partial charge in [-0.15, -0.1) is 0 Å². The molecule has 0 saturated carbocycles. The van der Waals surface area contributed by atoms with Crippen molar-refractivity contribution in [2.24, 2.45) is 5.92 Å². The normalized spacial score (nSPS) is 19.8. The molecule has 0 N–H and O–H groups in total. The van der Waals surface area contributed by atoms with Crippen molar-refractivity contribution < 1.29 is 0 Å². The van der Waals surface area contributed by atoms with Crippen LogP contribution in [0, 0.1) is 5.92 Å². The zero-order valence-corrected chi connectivity index (χ0v) is 18.0. The highest BCUT2D eigenvalue weighted by Crippen LogP contribution is 2.40. The van der Waals surface area contributed by atoms with Crippen LogP contribution in [0.4, 0.5) is 5.69 Å². The average Bonchev–Trinajstić information content (AvgIpc) is 2.97. The van der Waals surface area contributed by atoms with Gasteiger partial charge in [0.25, 0.3) is 0 Å². The Bertz CT molecular complexity index is 660. The highest BCUT2D eigenvalue weighted by molar-refractivity contribution is 9.10. The highest BCUT2D eigenvalue weighted by atomic mass is 79.9. The van der Waals surface area contributed by atoms with Gasteiger partial charge in [0, 0.05) is 36.1 Å².